The molecule has 13 heavy (non-hydrogen) atoms. The number of fused-ring (bicyclic) bond motifs is 1. The Kier molecular flexibility index (Phi) is 3.14. The van der Waals surface area contributed by atoms with E-state index in [1.165, 1.54) is 10.1 Å². The molecule has 1 heterocycles. The molecular weight excluding hydrogens is 231 g/mol. The molecule has 72 valence electrons. The van der Waals surface area contributed by atoms with E-state index in [2.05, 4.69) is 9.19 Å². The second-order valence-corrected chi connectivity index (χ2v) is 5.34. The van der Waals surface area contributed by atoms with E-state index in [-0.39, 0.29) is 20.8 Å². The van der Waals surface area contributed by atoms with Crippen molar-refractivity contribution in [2.75, 3.05) is 0 Å². The van der Waals surface area contributed by atoms with Gasteiger partial charge < -0.3 is 0 Å². The van der Waals surface area contributed by atoms with Gasteiger partial charge in [0.15, 0.2) is 0 Å². The Labute approximate surface area is 84.2 Å². The maximum absolute atomic E-state index is 9.53. The zero-order valence-electron chi connectivity index (χ0n) is 7.57. The van der Waals surface area contributed by atoms with E-state index in [1.807, 2.05) is 0 Å². The fourth-order valence-corrected chi connectivity index (χ4v) is 3.27. The summed E-state index contributed by atoms with van der Waals surface area (Å²) in [5, 5.41) is 13.7. The molecule has 0 radical (unpaired) electrons. The van der Waals surface area contributed by atoms with E-state index in [0.717, 1.165) is 38.5 Å². The molecule has 1 aliphatic carbocycles. The molecule has 0 aliphatic heterocycles. The van der Waals surface area contributed by atoms with Crippen molar-refractivity contribution in [2.24, 2.45) is 0 Å². The van der Waals surface area contributed by atoms with Crippen molar-refractivity contribution in [1.82, 2.24) is 9.19 Å². The Morgan fingerprint density at radius 3 is 2.85 bits per heavy atom. The molecule has 0 spiro atoms. The molecule has 1 unspecified atom stereocenters. The Hall–Kier alpha value is -0.181. The summed E-state index contributed by atoms with van der Waals surface area (Å²) in [6.07, 6.45) is 6.11. The van der Waals surface area contributed by atoms with E-state index < -0.39 is 0 Å². The molecule has 0 fully saturated rings. The van der Waals surface area contributed by atoms with Crippen molar-refractivity contribution in [3.05, 3.63) is 10.1 Å². The molecule has 1 aromatic heterocycles. The zero-order chi connectivity index (χ0) is 9.10. The van der Waals surface area contributed by atoms with Crippen LogP contribution in [0.4, 0.5) is 0 Å². The van der Waals surface area contributed by atoms with Gasteiger partial charge in [-0.25, -0.2) is 0 Å². The summed E-state index contributed by atoms with van der Waals surface area (Å²) < 4.78 is 5.59. The number of aromatic nitrogens is 2. The minimum absolute atomic E-state index is 0.0792. The molecule has 0 aromatic carbocycles. The van der Waals surface area contributed by atoms with Gasteiger partial charge in [-0.3, -0.25) is 0 Å². The fourth-order valence-electron chi connectivity index (χ4n) is 1.75. The predicted octanol–water partition coefficient (Wildman–Crippen LogP) is 0.553. The van der Waals surface area contributed by atoms with Crippen LogP contribution in [0.25, 0.3) is 0 Å². The SMILES string of the molecule is OC1CCCc2nn[se]c2CCC1. The molecule has 1 N–H and O–H groups in total. The molecule has 1 aromatic rings. The Morgan fingerprint density at radius 1 is 1.23 bits per heavy atom. The number of rotatable bonds is 0. The van der Waals surface area contributed by atoms with Gasteiger partial charge in [0, 0.05) is 0 Å². The normalized spacial score (nSPS) is 24.2. The molecule has 0 bridgehead atoms. The van der Waals surface area contributed by atoms with E-state index in [1.54, 1.807) is 0 Å². The van der Waals surface area contributed by atoms with Gasteiger partial charge in [0.25, 0.3) is 0 Å². The average Bonchev–Trinajstić information content (AvgIpc) is 2.53. The maximum atomic E-state index is 9.53. The van der Waals surface area contributed by atoms with Crippen LogP contribution >= 0.6 is 0 Å². The van der Waals surface area contributed by atoms with Gasteiger partial charge in [0.05, 0.1) is 0 Å². The van der Waals surface area contributed by atoms with Crippen molar-refractivity contribution in [2.45, 2.75) is 44.6 Å². The monoisotopic (exact) mass is 246 g/mol. The summed E-state index contributed by atoms with van der Waals surface area (Å²) in [7, 11) is 0. The van der Waals surface area contributed by atoms with Crippen LogP contribution in [0.1, 0.15) is 35.8 Å². The van der Waals surface area contributed by atoms with Crippen LogP contribution in [-0.4, -0.2) is 35.1 Å². The standard InChI is InChI=1S/C9H14N2OSe/c12-7-3-1-5-8-9(6-2-4-7)13-11-10-8/h7,12H,1-6H2. The zero-order valence-corrected chi connectivity index (χ0v) is 9.28. The van der Waals surface area contributed by atoms with Crippen LogP contribution < -0.4 is 0 Å². The van der Waals surface area contributed by atoms with Crippen LogP contribution in [0, 0.1) is 0 Å². The quantitative estimate of drug-likeness (QED) is 0.679. The number of nitrogens with zero attached hydrogens (tertiary/aromatic N) is 2. The van der Waals surface area contributed by atoms with Crippen molar-refractivity contribution >= 4 is 14.7 Å². The Balaban J connectivity index is 2.07. The van der Waals surface area contributed by atoms with Crippen LogP contribution in [0.15, 0.2) is 0 Å². The summed E-state index contributed by atoms with van der Waals surface area (Å²) in [4.78, 5) is 0. The van der Waals surface area contributed by atoms with Crippen molar-refractivity contribution in [1.29, 1.82) is 0 Å². The minimum atomic E-state index is -0.0792. The first kappa shape index (κ1) is 9.38. The van der Waals surface area contributed by atoms with Gasteiger partial charge in [-0.2, -0.15) is 0 Å². The summed E-state index contributed by atoms with van der Waals surface area (Å²) in [5.41, 5.74) is 1.23. The van der Waals surface area contributed by atoms with Crippen molar-refractivity contribution in [3.63, 3.8) is 0 Å². The third-order valence-electron chi connectivity index (χ3n) is 2.53. The van der Waals surface area contributed by atoms with Crippen LogP contribution in [0.5, 0.6) is 0 Å². The molecule has 0 amide bonds. The van der Waals surface area contributed by atoms with E-state index >= 15 is 0 Å². The van der Waals surface area contributed by atoms with Gasteiger partial charge in [-0.05, 0) is 0 Å². The number of hydrogen-bond acceptors (Lipinski definition) is 3. The van der Waals surface area contributed by atoms with Crippen LogP contribution in [0.3, 0.4) is 0 Å². The molecule has 0 saturated heterocycles. The summed E-state index contributed by atoms with van der Waals surface area (Å²) >= 11 is 0.282. The van der Waals surface area contributed by atoms with E-state index in [4.69, 9.17) is 0 Å². The van der Waals surface area contributed by atoms with Crippen LogP contribution in [-0.2, 0) is 12.8 Å². The molecule has 1 atom stereocenters. The Morgan fingerprint density at radius 2 is 2.00 bits per heavy atom. The van der Waals surface area contributed by atoms with E-state index in [0.29, 0.717) is 0 Å². The van der Waals surface area contributed by atoms with Gasteiger partial charge in [0.2, 0.25) is 0 Å². The summed E-state index contributed by atoms with van der Waals surface area (Å²) in [6, 6.07) is 0. The molecule has 4 heteroatoms. The molecular formula is C9H14N2OSe. The number of aliphatic hydroxyl groups is 1. The predicted molar refractivity (Wildman–Crippen MR) is 50.9 cm³/mol. The van der Waals surface area contributed by atoms with Crippen molar-refractivity contribution < 1.29 is 5.11 Å². The van der Waals surface area contributed by atoms with Gasteiger partial charge in [0.1, 0.15) is 0 Å². The fraction of sp³-hybridized carbons (Fsp3) is 0.778. The molecule has 0 saturated carbocycles. The topological polar surface area (TPSA) is 46.0 Å². The van der Waals surface area contributed by atoms with E-state index in [9.17, 15) is 5.11 Å². The average molecular weight is 245 g/mol. The second-order valence-electron chi connectivity index (χ2n) is 3.58. The number of hydrogen-bond donors (Lipinski definition) is 1. The summed E-state index contributed by atoms with van der Waals surface area (Å²) in [5.74, 6) is 0. The van der Waals surface area contributed by atoms with Gasteiger partial charge in [-0.1, -0.05) is 0 Å². The molecule has 2 rings (SSSR count). The third kappa shape index (κ3) is 2.39. The Bertz CT molecular complexity index is 250. The third-order valence-corrected chi connectivity index (χ3v) is 4.25. The number of aliphatic hydroxyl groups excluding tert-OH is 1. The molecule has 1 aliphatic rings. The first-order valence-electron chi connectivity index (χ1n) is 4.84. The first-order chi connectivity index (χ1) is 6.36. The second kappa shape index (κ2) is 4.36. The molecule has 3 nitrogen and oxygen atoms in total. The summed E-state index contributed by atoms with van der Waals surface area (Å²) in [6.45, 7) is 0. The van der Waals surface area contributed by atoms with Gasteiger partial charge in [-0.15, -0.1) is 0 Å². The van der Waals surface area contributed by atoms with Gasteiger partial charge >= 0.3 is 83.8 Å². The number of aryl methyl sites for hydroxylation is 2. The van der Waals surface area contributed by atoms with Crippen molar-refractivity contribution in [3.8, 4) is 0 Å². The van der Waals surface area contributed by atoms with Crippen LogP contribution in [0.2, 0.25) is 0 Å². The first-order valence-corrected chi connectivity index (χ1v) is 6.46.